The summed E-state index contributed by atoms with van der Waals surface area (Å²) in [4.78, 5) is 24.8. The quantitative estimate of drug-likeness (QED) is 0.466. The Morgan fingerprint density at radius 1 is 0.970 bits per heavy atom. The third kappa shape index (κ3) is 2.64. The van der Waals surface area contributed by atoms with Gasteiger partial charge in [-0.2, -0.15) is 0 Å². The third-order valence-corrected chi connectivity index (χ3v) is 11.4. The summed E-state index contributed by atoms with van der Waals surface area (Å²) < 4.78 is 0. The highest BCUT2D eigenvalue weighted by Crippen LogP contribution is 2.75. The van der Waals surface area contributed by atoms with E-state index in [-0.39, 0.29) is 33.2 Å². The summed E-state index contributed by atoms with van der Waals surface area (Å²) in [6.07, 6.45) is 12.7. The Morgan fingerprint density at radius 3 is 2.30 bits per heavy atom. The molecule has 0 heterocycles. The first kappa shape index (κ1) is 22.7. The van der Waals surface area contributed by atoms with E-state index in [2.05, 4.69) is 39.8 Å². The van der Waals surface area contributed by atoms with Gasteiger partial charge in [0.25, 0.3) is 0 Å². The molecule has 33 heavy (non-hydrogen) atoms. The molecule has 2 N–H and O–H groups in total. The van der Waals surface area contributed by atoms with Crippen LogP contribution in [0.5, 0.6) is 0 Å². The Hall–Kier alpha value is -2.10. The van der Waals surface area contributed by atoms with Gasteiger partial charge >= 0.3 is 5.97 Å². The van der Waals surface area contributed by atoms with Crippen LogP contribution in [0.15, 0.2) is 46.3 Å². The molecule has 3 fully saturated rings. The summed E-state index contributed by atoms with van der Waals surface area (Å²) in [7, 11) is 0. The van der Waals surface area contributed by atoms with Crippen molar-refractivity contribution in [3.05, 3.63) is 46.3 Å². The average Bonchev–Trinajstić information content (AvgIpc) is 2.75. The lowest BCUT2D eigenvalue weighted by molar-refractivity contribution is -0.178. The zero-order valence-corrected chi connectivity index (χ0v) is 21.0. The van der Waals surface area contributed by atoms with Crippen molar-refractivity contribution in [2.24, 2.45) is 33.0 Å². The summed E-state index contributed by atoms with van der Waals surface area (Å²) in [6, 6.07) is 0. The van der Waals surface area contributed by atoms with Crippen LogP contribution in [-0.4, -0.2) is 22.0 Å². The number of ketones is 1. The van der Waals surface area contributed by atoms with Gasteiger partial charge in [0.05, 0.1) is 5.41 Å². The number of aliphatic carboxylic acids is 1. The van der Waals surface area contributed by atoms with Crippen LogP contribution in [0.25, 0.3) is 0 Å². The predicted molar refractivity (Wildman–Crippen MR) is 129 cm³/mol. The van der Waals surface area contributed by atoms with Crippen LogP contribution >= 0.6 is 0 Å². The van der Waals surface area contributed by atoms with Crippen LogP contribution in [0.1, 0.15) is 86.5 Å². The van der Waals surface area contributed by atoms with Crippen molar-refractivity contribution in [3.63, 3.8) is 0 Å². The number of carbonyl (C=O) groups is 2. The minimum Gasteiger partial charge on any atom is -0.504 e. The second kappa shape index (κ2) is 6.52. The number of hydrogen-bond acceptors (Lipinski definition) is 3. The lowest BCUT2D eigenvalue weighted by Gasteiger charge is -2.70. The number of rotatable bonds is 1. The summed E-state index contributed by atoms with van der Waals surface area (Å²) in [6.45, 7) is 13.3. The number of hydrogen-bond donors (Lipinski definition) is 2. The number of carboxylic acids is 1. The number of aliphatic hydroxyl groups excluding tert-OH is 1. The van der Waals surface area contributed by atoms with Gasteiger partial charge in [-0.15, -0.1) is 0 Å². The number of carboxylic acid groups (broad SMARTS) is 1. The highest BCUT2D eigenvalue weighted by Gasteiger charge is 2.67. The standard InChI is InChI=1S/C29H38O4/c1-17-18-7-8-21-27(4,19(18)15-20(30)23(17)31)12-14-29(6)22-16-26(3,24(32)33)10-9-25(22,2)11-13-28(21,29)5/h7-8,15,22,31H,9-14,16H2,1-6H3,(H,32,33)/t22-,25+,26+,27-,28+,29+/m1/s1. The molecule has 3 saturated carbocycles. The second-order valence-electron chi connectivity index (χ2n) is 12.9. The molecule has 0 spiro atoms. The van der Waals surface area contributed by atoms with Crippen molar-refractivity contribution >= 4 is 11.8 Å². The van der Waals surface area contributed by atoms with Gasteiger partial charge in [-0.05, 0) is 98.2 Å². The van der Waals surface area contributed by atoms with Gasteiger partial charge in [0, 0.05) is 11.0 Å². The highest BCUT2D eigenvalue weighted by molar-refractivity contribution is 6.06. The van der Waals surface area contributed by atoms with E-state index in [0.717, 1.165) is 56.1 Å². The zero-order valence-electron chi connectivity index (χ0n) is 21.0. The maximum absolute atomic E-state index is 12.6. The van der Waals surface area contributed by atoms with Gasteiger partial charge in [-0.25, -0.2) is 0 Å². The lowest BCUT2D eigenvalue weighted by Crippen LogP contribution is -2.62. The molecule has 178 valence electrons. The van der Waals surface area contributed by atoms with Crippen LogP contribution in [0.4, 0.5) is 0 Å². The number of aliphatic hydroxyl groups is 1. The van der Waals surface area contributed by atoms with E-state index in [1.807, 2.05) is 13.8 Å². The average molecular weight is 451 g/mol. The highest BCUT2D eigenvalue weighted by atomic mass is 16.4. The van der Waals surface area contributed by atoms with Crippen LogP contribution < -0.4 is 0 Å². The molecule has 5 rings (SSSR count). The first-order valence-corrected chi connectivity index (χ1v) is 12.6. The van der Waals surface area contributed by atoms with Crippen LogP contribution in [0.3, 0.4) is 0 Å². The Morgan fingerprint density at radius 2 is 1.64 bits per heavy atom. The molecular weight excluding hydrogens is 412 g/mol. The van der Waals surface area contributed by atoms with E-state index < -0.39 is 11.4 Å². The molecule has 0 aromatic heterocycles. The normalized spacial score (nSPS) is 46.8. The van der Waals surface area contributed by atoms with Crippen molar-refractivity contribution in [2.45, 2.75) is 86.5 Å². The Balaban J connectivity index is 1.64. The second-order valence-corrected chi connectivity index (χ2v) is 12.9. The molecule has 5 aliphatic carbocycles. The van der Waals surface area contributed by atoms with E-state index in [4.69, 9.17) is 0 Å². The summed E-state index contributed by atoms with van der Waals surface area (Å²) in [5.74, 6) is -0.734. The van der Waals surface area contributed by atoms with Crippen molar-refractivity contribution < 1.29 is 19.8 Å². The van der Waals surface area contributed by atoms with Crippen molar-refractivity contribution in [1.29, 1.82) is 0 Å². The molecule has 0 bridgehead atoms. The fourth-order valence-corrected chi connectivity index (χ4v) is 8.65. The summed E-state index contributed by atoms with van der Waals surface area (Å²) in [5.41, 5.74) is 3.33. The Labute approximate surface area is 197 Å². The van der Waals surface area contributed by atoms with Gasteiger partial charge in [0.1, 0.15) is 0 Å². The topological polar surface area (TPSA) is 74.6 Å². The maximum Gasteiger partial charge on any atom is 0.309 e. The smallest absolute Gasteiger partial charge is 0.309 e. The van der Waals surface area contributed by atoms with E-state index in [1.54, 1.807) is 6.08 Å². The fourth-order valence-electron chi connectivity index (χ4n) is 8.65. The minimum absolute atomic E-state index is 0.0000746. The van der Waals surface area contributed by atoms with Gasteiger partial charge in [0.15, 0.2) is 5.76 Å². The van der Waals surface area contributed by atoms with Gasteiger partial charge in [-0.1, -0.05) is 45.4 Å². The summed E-state index contributed by atoms with van der Waals surface area (Å²) >= 11 is 0. The van der Waals surface area contributed by atoms with E-state index >= 15 is 0 Å². The molecule has 6 atom stereocenters. The van der Waals surface area contributed by atoms with Crippen LogP contribution in [0, 0.1) is 33.0 Å². The van der Waals surface area contributed by atoms with E-state index in [1.165, 1.54) is 5.57 Å². The minimum atomic E-state index is -0.655. The first-order valence-electron chi connectivity index (χ1n) is 12.6. The van der Waals surface area contributed by atoms with Crippen LogP contribution in [0.2, 0.25) is 0 Å². The molecular formula is C29H38O4. The lowest BCUT2D eigenvalue weighted by atomic mass is 9.34. The Kier molecular flexibility index (Phi) is 4.48. The van der Waals surface area contributed by atoms with Crippen molar-refractivity contribution in [1.82, 2.24) is 0 Å². The Bertz CT molecular complexity index is 1100. The van der Waals surface area contributed by atoms with Crippen LogP contribution in [-0.2, 0) is 9.59 Å². The monoisotopic (exact) mass is 450 g/mol. The largest absolute Gasteiger partial charge is 0.504 e. The van der Waals surface area contributed by atoms with Gasteiger partial charge in [-0.3, -0.25) is 9.59 Å². The van der Waals surface area contributed by atoms with Gasteiger partial charge in [0.2, 0.25) is 5.78 Å². The van der Waals surface area contributed by atoms with Gasteiger partial charge < -0.3 is 10.2 Å². The fraction of sp³-hybridized carbons (Fsp3) is 0.655. The summed E-state index contributed by atoms with van der Waals surface area (Å²) in [5, 5.41) is 20.3. The number of allylic oxidation sites excluding steroid dienone is 7. The van der Waals surface area contributed by atoms with Crippen molar-refractivity contribution in [3.8, 4) is 0 Å². The zero-order chi connectivity index (χ0) is 24.2. The molecule has 0 saturated heterocycles. The SMILES string of the molecule is CC1=C(O)C(=O)C=C2C1=CC=C1[C@]2(C)CC[C@@]2(C)[C@@H]3C[C@@](C)(C(=O)O)CC[C@@]3(C)CC[C@@]12C. The molecule has 0 aliphatic heterocycles. The molecule has 5 aliphatic rings. The molecule has 0 aromatic carbocycles. The molecule has 4 nitrogen and oxygen atoms in total. The maximum atomic E-state index is 12.6. The molecule has 0 aromatic rings. The van der Waals surface area contributed by atoms with E-state index in [0.29, 0.717) is 11.5 Å². The first-order chi connectivity index (χ1) is 15.2. The molecule has 0 radical (unpaired) electrons. The number of fused-ring (bicyclic) bond motifs is 7. The number of carbonyl (C=O) groups excluding carboxylic acids is 1. The predicted octanol–water partition coefficient (Wildman–Crippen LogP) is 6.70. The third-order valence-electron chi connectivity index (χ3n) is 11.4. The molecule has 0 amide bonds. The van der Waals surface area contributed by atoms with Crippen molar-refractivity contribution in [2.75, 3.05) is 0 Å². The van der Waals surface area contributed by atoms with E-state index in [9.17, 15) is 19.8 Å². The molecule has 0 unspecified atom stereocenters. The molecule has 4 heteroatoms.